The third kappa shape index (κ3) is 5.51. The Balaban J connectivity index is 1.59. The highest BCUT2D eigenvalue weighted by Gasteiger charge is 2.51. The molecule has 7 atom stereocenters. The van der Waals surface area contributed by atoms with Gasteiger partial charge in [0.05, 0.1) is 13.2 Å². The number of aliphatic carboxylic acids is 1. The average Bonchev–Trinajstić information content (AvgIpc) is 2.85. The zero-order valence-corrected chi connectivity index (χ0v) is 18.0. The molecule has 10 heteroatoms. The Bertz CT molecular complexity index is 971. The summed E-state index contributed by atoms with van der Waals surface area (Å²) in [5.74, 6) is -1.15. The minimum Gasteiger partial charge on any atom is -0.479 e. The Morgan fingerprint density at radius 2 is 1.88 bits per heavy atom. The van der Waals surface area contributed by atoms with E-state index in [1.165, 1.54) is 6.92 Å². The maximum absolute atomic E-state index is 11.5. The summed E-state index contributed by atoms with van der Waals surface area (Å²) in [5, 5.41) is 13.3. The summed E-state index contributed by atoms with van der Waals surface area (Å²) in [6, 6.07) is 17.8. The molecule has 2 fully saturated rings. The minimum atomic E-state index is -1.17. The molecule has 2 aliphatic heterocycles. The van der Waals surface area contributed by atoms with Gasteiger partial charge in [-0.1, -0.05) is 65.8 Å². The molecular weight excluding hydrogens is 430 g/mol. The molecule has 2 aliphatic rings. The monoisotopic (exact) mass is 455 g/mol. The number of azide groups is 1. The summed E-state index contributed by atoms with van der Waals surface area (Å²) < 4.78 is 29.9. The lowest BCUT2D eigenvalue weighted by atomic mass is 9.95. The molecule has 174 valence electrons. The molecule has 1 N–H and O–H groups in total. The molecular formula is C23H25N3O7. The van der Waals surface area contributed by atoms with Gasteiger partial charge < -0.3 is 28.8 Å². The Morgan fingerprint density at radius 1 is 1.18 bits per heavy atom. The number of fused-ring (bicyclic) bond motifs is 1. The van der Waals surface area contributed by atoms with E-state index in [1.54, 1.807) is 0 Å². The van der Waals surface area contributed by atoms with Crippen LogP contribution < -0.4 is 0 Å². The summed E-state index contributed by atoms with van der Waals surface area (Å²) in [5.41, 5.74) is 10.9. The number of hydrogen-bond donors (Lipinski definition) is 1. The lowest BCUT2D eigenvalue weighted by Gasteiger charge is -2.48. The van der Waals surface area contributed by atoms with Crippen LogP contribution in [0.1, 0.15) is 24.3 Å². The molecule has 10 nitrogen and oxygen atoms in total. The van der Waals surface area contributed by atoms with Crippen LogP contribution in [0.3, 0.4) is 0 Å². The van der Waals surface area contributed by atoms with Crippen LogP contribution in [0.4, 0.5) is 0 Å². The van der Waals surface area contributed by atoms with Crippen molar-refractivity contribution >= 4 is 5.97 Å². The first kappa shape index (κ1) is 23.2. The summed E-state index contributed by atoms with van der Waals surface area (Å²) >= 11 is 0. The SMILES string of the molecule is CC(O[C@H]1[C@@H]2O[C@@H](c3ccccc3)OC[C@H]2OC(OCc2ccccc2)[C@@H]1N=[N+]=[N-])C(=O)O. The fraction of sp³-hybridized carbons (Fsp3) is 0.435. The van der Waals surface area contributed by atoms with Crippen molar-refractivity contribution in [1.29, 1.82) is 0 Å². The molecule has 0 aliphatic carbocycles. The van der Waals surface area contributed by atoms with Gasteiger partial charge in [-0.05, 0) is 18.0 Å². The van der Waals surface area contributed by atoms with E-state index in [4.69, 9.17) is 23.7 Å². The summed E-state index contributed by atoms with van der Waals surface area (Å²) in [6.45, 7) is 1.78. The van der Waals surface area contributed by atoms with Gasteiger partial charge in [0.25, 0.3) is 0 Å². The largest absolute Gasteiger partial charge is 0.479 e. The molecule has 0 spiro atoms. The minimum absolute atomic E-state index is 0.166. The predicted molar refractivity (Wildman–Crippen MR) is 115 cm³/mol. The first-order valence-corrected chi connectivity index (χ1v) is 10.6. The zero-order chi connectivity index (χ0) is 23.2. The molecule has 4 rings (SSSR count). The number of nitrogens with zero attached hydrogens (tertiary/aromatic N) is 3. The van der Waals surface area contributed by atoms with Gasteiger partial charge in [0.1, 0.15) is 24.4 Å². The number of benzene rings is 2. The second-order valence-corrected chi connectivity index (χ2v) is 7.79. The van der Waals surface area contributed by atoms with E-state index in [2.05, 4.69) is 10.0 Å². The average molecular weight is 455 g/mol. The van der Waals surface area contributed by atoms with Crippen molar-refractivity contribution < 1.29 is 33.6 Å². The van der Waals surface area contributed by atoms with Crippen molar-refractivity contribution in [3.63, 3.8) is 0 Å². The van der Waals surface area contributed by atoms with E-state index in [9.17, 15) is 15.4 Å². The van der Waals surface area contributed by atoms with Gasteiger partial charge in [-0.2, -0.15) is 0 Å². The van der Waals surface area contributed by atoms with Gasteiger partial charge in [0, 0.05) is 10.5 Å². The molecule has 2 heterocycles. The van der Waals surface area contributed by atoms with E-state index < -0.39 is 49.0 Å². The Kier molecular flexibility index (Phi) is 7.56. The standard InChI is InChI=1S/C23H25N3O7/c1-14(21(27)28)31-20-18(25-26-24)23(29-12-15-8-4-2-5-9-15)32-17-13-30-22(33-19(17)20)16-10-6-3-7-11-16/h2-11,14,17-20,22-23H,12-13H2,1H3,(H,27,28)/t14?,17-,18-,19-,20-,22+,23?/m1/s1. The van der Waals surface area contributed by atoms with Crippen LogP contribution in [-0.4, -0.2) is 54.4 Å². The first-order valence-electron chi connectivity index (χ1n) is 10.6. The number of carbonyl (C=O) groups is 1. The van der Waals surface area contributed by atoms with E-state index in [-0.39, 0.29) is 13.2 Å². The van der Waals surface area contributed by atoms with Gasteiger partial charge in [0.15, 0.2) is 18.7 Å². The summed E-state index contributed by atoms with van der Waals surface area (Å²) in [7, 11) is 0. The molecule has 2 saturated heterocycles. The van der Waals surface area contributed by atoms with Crippen LogP contribution in [0.5, 0.6) is 0 Å². The molecule has 0 aromatic heterocycles. The third-order valence-corrected chi connectivity index (χ3v) is 5.53. The zero-order valence-electron chi connectivity index (χ0n) is 18.0. The second-order valence-electron chi connectivity index (χ2n) is 7.79. The van der Waals surface area contributed by atoms with Gasteiger partial charge in [-0.15, -0.1) is 0 Å². The molecule has 0 radical (unpaired) electrons. The maximum Gasteiger partial charge on any atom is 0.332 e. The number of hydrogen-bond acceptors (Lipinski definition) is 7. The van der Waals surface area contributed by atoms with Crippen LogP contribution >= 0.6 is 0 Å². The van der Waals surface area contributed by atoms with Crippen molar-refractivity contribution in [2.45, 2.75) is 56.6 Å². The van der Waals surface area contributed by atoms with Gasteiger partial charge in [-0.25, -0.2) is 4.79 Å². The summed E-state index contributed by atoms with van der Waals surface area (Å²) in [6.07, 6.45) is -5.12. The molecule has 0 saturated carbocycles. The molecule has 2 unspecified atom stereocenters. The van der Waals surface area contributed by atoms with Crippen molar-refractivity contribution in [1.82, 2.24) is 0 Å². The predicted octanol–water partition coefficient (Wildman–Crippen LogP) is 3.58. The number of ether oxygens (including phenoxy) is 5. The smallest absolute Gasteiger partial charge is 0.332 e. The van der Waals surface area contributed by atoms with E-state index >= 15 is 0 Å². The lowest BCUT2D eigenvalue weighted by Crippen LogP contribution is -2.63. The number of carboxylic acids is 1. The van der Waals surface area contributed by atoms with Gasteiger partial charge in [0.2, 0.25) is 0 Å². The normalized spacial score (nSPS) is 30.0. The fourth-order valence-electron chi connectivity index (χ4n) is 3.86. The van der Waals surface area contributed by atoms with Crippen molar-refractivity contribution in [3.05, 3.63) is 82.2 Å². The second kappa shape index (κ2) is 10.8. The highest BCUT2D eigenvalue weighted by molar-refractivity contribution is 5.71. The van der Waals surface area contributed by atoms with E-state index in [0.29, 0.717) is 0 Å². The highest BCUT2D eigenvalue weighted by atomic mass is 16.8. The van der Waals surface area contributed by atoms with E-state index in [0.717, 1.165) is 11.1 Å². The fourth-order valence-corrected chi connectivity index (χ4v) is 3.86. The van der Waals surface area contributed by atoms with Gasteiger partial charge in [-0.3, -0.25) is 0 Å². The van der Waals surface area contributed by atoms with Crippen molar-refractivity contribution in [2.24, 2.45) is 5.11 Å². The molecule has 2 aromatic rings. The Hall–Kier alpha value is -2.98. The summed E-state index contributed by atoms with van der Waals surface area (Å²) in [4.78, 5) is 14.5. The maximum atomic E-state index is 11.5. The topological polar surface area (TPSA) is 132 Å². The number of carboxylic acid groups (broad SMARTS) is 1. The van der Waals surface area contributed by atoms with Crippen LogP contribution in [0.2, 0.25) is 0 Å². The lowest BCUT2D eigenvalue weighted by molar-refractivity contribution is -0.349. The third-order valence-electron chi connectivity index (χ3n) is 5.53. The Labute approximate surface area is 190 Å². The number of rotatable bonds is 8. The van der Waals surface area contributed by atoms with Crippen molar-refractivity contribution in [3.8, 4) is 0 Å². The quantitative estimate of drug-likeness (QED) is 0.365. The van der Waals surface area contributed by atoms with Crippen LogP contribution in [-0.2, 0) is 35.1 Å². The van der Waals surface area contributed by atoms with Crippen LogP contribution in [0, 0.1) is 0 Å². The van der Waals surface area contributed by atoms with Crippen LogP contribution in [0.15, 0.2) is 65.8 Å². The van der Waals surface area contributed by atoms with E-state index in [1.807, 2.05) is 60.7 Å². The molecule has 0 bridgehead atoms. The molecule has 0 amide bonds. The first-order chi connectivity index (χ1) is 16.1. The van der Waals surface area contributed by atoms with Crippen LogP contribution in [0.25, 0.3) is 10.4 Å². The molecule has 33 heavy (non-hydrogen) atoms. The Morgan fingerprint density at radius 3 is 2.55 bits per heavy atom. The van der Waals surface area contributed by atoms with Crippen molar-refractivity contribution in [2.75, 3.05) is 6.61 Å². The van der Waals surface area contributed by atoms with Gasteiger partial charge >= 0.3 is 5.97 Å². The molecule has 2 aromatic carbocycles. The highest BCUT2D eigenvalue weighted by Crippen LogP contribution is 2.37.